The fourth-order valence-corrected chi connectivity index (χ4v) is 9.93. The van der Waals surface area contributed by atoms with Crippen molar-refractivity contribution in [2.75, 3.05) is 104 Å². The molecule has 3 aliphatic rings. The zero-order valence-corrected chi connectivity index (χ0v) is 53.8. The van der Waals surface area contributed by atoms with Crippen molar-refractivity contribution >= 4 is 64.6 Å². The number of ether oxygens (including phenoxy) is 3. The second kappa shape index (κ2) is 30.7. The molecule has 5 aromatic heterocycles. The predicted molar refractivity (Wildman–Crippen MR) is 354 cm³/mol. The first-order chi connectivity index (χ1) is 43.7. The number of benzene rings is 2. The maximum atomic E-state index is 13.4. The minimum absolute atomic E-state index is 0.00392. The van der Waals surface area contributed by atoms with Crippen LogP contribution in [0.25, 0.3) is 22.5 Å². The van der Waals surface area contributed by atoms with Crippen molar-refractivity contribution in [2.45, 2.75) is 92.0 Å². The van der Waals surface area contributed by atoms with E-state index in [0.29, 0.717) is 86.2 Å². The number of nitrogens with zero attached hydrogens (tertiary/aromatic N) is 10. The largest absolute Gasteiger partial charge is 0.478 e. The van der Waals surface area contributed by atoms with Gasteiger partial charge in [-0.05, 0) is 158 Å². The molecule has 5 N–H and O–H groups in total. The molecular weight excluding hydrogens is 1170 g/mol. The van der Waals surface area contributed by atoms with Gasteiger partial charge in [0.05, 0.1) is 17.0 Å². The molecule has 0 atom stereocenters. The Bertz CT molecular complexity index is 3630. The normalized spacial score (nSPS) is 14.3. The number of carboxylic acid groups (broad SMARTS) is 1. The van der Waals surface area contributed by atoms with Crippen LogP contribution in [0.3, 0.4) is 0 Å². The second-order valence-corrected chi connectivity index (χ2v) is 25.2. The minimum atomic E-state index is -0.992. The Balaban J connectivity index is 0.000000188. The summed E-state index contributed by atoms with van der Waals surface area (Å²) < 4.78 is 16.2. The number of Topliss-reactive ketones (excluding diaryl/α,β-unsaturated/α-hetero) is 2. The Morgan fingerprint density at radius 2 is 0.902 bits per heavy atom. The van der Waals surface area contributed by atoms with Gasteiger partial charge in [-0.25, -0.2) is 34.1 Å². The third-order valence-corrected chi connectivity index (χ3v) is 14.6. The van der Waals surface area contributed by atoms with E-state index in [2.05, 4.69) is 45.4 Å². The first-order valence-electron chi connectivity index (χ1n) is 30.7. The number of carbonyl (C=O) groups is 6. The van der Waals surface area contributed by atoms with Crippen LogP contribution in [0, 0.1) is 0 Å². The van der Waals surface area contributed by atoms with Crippen molar-refractivity contribution < 1.29 is 48.1 Å². The minimum Gasteiger partial charge on any atom is -0.478 e. The lowest BCUT2D eigenvalue weighted by molar-refractivity contribution is 0.0230. The Morgan fingerprint density at radius 1 is 0.489 bits per heavy atom. The number of piperazine rings is 3. The average molecular weight is 1250 g/mol. The quantitative estimate of drug-likeness (QED) is 0.0474. The number of nitrogen functional groups attached to an aromatic ring is 1. The summed E-state index contributed by atoms with van der Waals surface area (Å²) in [7, 11) is 0. The van der Waals surface area contributed by atoms with Gasteiger partial charge in [-0.3, -0.25) is 24.9 Å². The molecule has 3 aliphatic heterocycles. The Kier molecular flexibility index (Phi) is 22.6. The number of hydrogen-bond acceptors (Lipinski definition) is 19. The van der Waals surface area contributed by atoms with Gasteiger partial charge in [0.15, 0.2) is 11.6 Å². The summed E-state index contributed by atoms with van der Waals surface area (Å²) in [6.07, 6.45) is 7.10. The van der Waals surface area contributed by atoms with E-state index in [1.54, 1.807) is 73.6 Å². The Morgan fingerprint density at radius 3 is 1.30 bits per heavy atom. The molecular formula is C69H83N13O10. The average Bonchev–Trinajstić information content (AvgIpc) is 1.59. The molecule has 23 nitrogen and oxygen atoms in total. The summed E-state index contributed by atoms with van der Waals surface area (Å²) >= 11 is 0. The van der Waals surface area contributed by atoms with E-state index in [9.17, 15) is 28.8 Å². The van der Waals surface area contributed by atoms with Gasteiger partial charge >= 0.3 is 24.2 Å². The second-order valence-electron chi connectivity index (χ2n) is 25.2. The number of pyridine rings is 5. The van der Waals surface area contributed by atoms with Crippen LogP contribution in [-0.2, 0) is 27.1 Å². The molecule has 0 bridgehead atoms. The van der Waals surface area contributed by atoms with Gasteiger partial charge in [-0.1, -0.05) is 24.3 Å². The van der Waals surface area contributed by atoms with Crippen molar-refractivity contribution in [3.8, 4) is 22.5 Å². The predicted octanol–water partition coefficient (Wildman–Crippen LogP) is 10.4. The lowest BCUT2D eigenvalue weighted by Crippen LogP contribution is -2.50. The SMILES string of the molecule is CC(C)(C)OC(=O)N1CCN(c2ccc(C(=O)O)cn2)CC1.CC(C)(C)OC(=O)Nc1ccc(-c2ccccn2)cc1CC(=O)c1ccc(N2CCN(C(=O)OC(C)(C)C)CC2)nc1.Nc1ccc(-c2ccccn2)cc1CC(=O)c1ccc(N2CCNCC2)nc1. The number of aromatic nitrogens is 5. The fraction of sp³-hybridized carbons (Fsp3) is 0.377. The van der Waals surface area contributed by atoms with Crippen LogP contribution in [0.5, 0.6) is 0 Å². The van der Waals surface area contributed by atoms with E-state index >= 15 is 0 Å². The summed E-state index contributed by atoms with van der Waals surface area (Å²) in [5.74, 6) is 1.23. The van der Waals surface area contributed by atoms with Crippen molar-refractivity contribution in [3.05, 3.63) is 168 Å². The van der Waals surface area contributed by atoms with Gasteiger partial charge in [0.25, 0.3) is 0 Å². The summed E-state index contributed by atoms with van der Waals surface area (Å²) in [6, 6.07) is 33.1. The molecule has 10 rings (SSSR count). The van der Waals surface area contributed by atoms with Gasteiger partial charge in [0, 0.05) is 156 Å². The zero-order valence-electron chi connectivity index (χ0n) is 53.8. The fourth-order valence-electron chi connectivity index (χ4n) is 9.93. The van der Waals surface area contributed by atoms with Crippen LogP contribution >= 0.6 is 0 Å². The molecule has 0 aliphatic carbocycles. The molecule has 3 saturated heterocycles. The highest BCUT2D eigenvalue weighted by Crippen LogP contribution is 2.28. The van der Waals surface area contributed by atoms with Crippen molar-refractivity contribution in [3.63, 3.8) is 0 Å². The number of anilines is 5. The van der Waals surface area contributed by atoms with Gasteiger partial charge in [-0.2, -0.15) is 0 Å². The number of aromatic carboxylic acids is 1. The van der Waals surface area contributed by atoms with Crippen LogP contribution in [0.4, 0.5) is 43.2 Å². The molecule has 8 heterocycles. The molecule has 0 saturated carbocycles. The highest BCUT2D eigenvalue weighted by Gasteiger charge is 2.29. The first kappa shape index (κ1) is 67.9. The first-order valence-corrected chi connectivity index (χ1v) is 30.7. The lowest BCUT2D eigenvalue weighted by atomic mass is 9.99. The molecule has 3 fully saturated rings. The highest BCUT2D eigenvalue weighted by atomic mass is 16.6. The van der Waals surface area contributed by atoms with Crippen LogP contribution in [-0.4, -0.2) is 171 Å². The number of carbonyl (C=O) groups excluding carboxylic acids is 5. The molecule has 0 spiro atoms. The van der Waals surface area contributed by atoms with E-state index in [0.717, 1.165) is 65.9 Å². The lowest BCUT2D eigenvalue weighted by Gasteiger charge is -2.36. The monoisotopic (exact) mass is 1250 g/mol. The van der Waals surface area contributed by atoms with E-state index in [-0.39, 0.29) is 42.2 Å². The molecule has 92 heavy (non-hydrogen) atoms. The number of nitrogens with two attached hydrogens (primary N) is 1. The van der Waals surface area contributed by atoms with Crippen molar-refractivity contribution in [1.82, 2.24) is 40.0 Å². The van der Waals surface area contributed by atoms with Crippen molar-refractivity contribution in [1.29, 1.82) is 0 Å². The van der Waals surface area contributed by atoms with E-state index in [1.165, 1.54) is 12.3 Å². The topological polar surface area (TPSA) is 281 Å². The van der Waals surface area contributed by atoms with E-state index in [1.807, 2.05) is 131 Å². The number of carboxylic acids is 1. The highest BCUT2D eigenvalue weighted by molar-refractivity contribution is 6.00. The molecule has 0 unspecified atom stereocenters. The summed E-state index contributed by atoms with van der Waals surface area (Å²) in [4.78, 5) is 105. The number of amides is 3. The van der Waals surface area contributed by atoms with Gasteiger partial charge in [0.1, 0.15) is 34.3 Å². The van der Waals surface area contributed by atoms with Gasteiger partial charge < -0.3 is 54.9 Å². The Labute approximate surface area is 537 Å². The molecule has 7 aromatic rings. The molecule has 3 amide bonds. The molecule has 23 heteroatoms. The zero-order chi connectivity index (χ0) is 66.2. The molecule has 484 valence electrons. The number of rotatable bonds is 13. The summed E-state index contributed by atoms with van der Waals surface area (Å²) in [5.41, 5.74) is 11.6. The van der Waals surface area contributed by atoms with Crippen LogP contribution in [0.1, 0.15) is 105 Å². The smallest absolute Gasteiger partial charge is 0.412 e. The van der Waals surface area contributed by atoms with Gasteiger partial charge in [-0.15, -0.1) is 0 Å². The van der Waals surface area contributed by atoms with E-state index in [4.69, 9.17) is 25.1 Å². The standard InChI is InChI=1S/C32H39N5O5.C22H23N5O.C15H21N3O4/c1-31(2,3)41-29(39)35-26-12-10-22(25-9-7-8-14-33-25)19-24(26)20-27(38)23-11-13-28(34-21-23)36-15-17-37(18-16-36)30(40)42-32(4,5)6;23-19-6-4-16(20-3-1-2-8-25-20)13-18(19)14-21(28)17-5-7-22(26-15-17)27-11-9-24-10-12-27;1-15(2,3)22-14(21)18-8-6-17(7-9-18)12-5-4-11(10-16-12)13(19)20/h7-14,19,21H,15-18,20H2,1-6H3,(H,35,39);1-8,13,15,24H,9-12,14,23H2;4-5,10H,6-9H2,1-3H3,(H,19,20). The Hall–Kier alpha value is -10.0. The van der Waals surface area contributed by atoms with E-state index < -0.39 is 28.9 Å². The third-order valence-electron chi connectivity index (χ3n) is 14.6. The molecule has 0 radical (unpaired) electrons. The number of hydrogen-bond donors (Lipinski definition) is 4. The van der Waals surface area contributed by atoms with Crippen LogP contribution < -0.4 is 31.1 Å². The maximum Gasteiger partial charge on any atom is 0.412 e. The van der Waals surface area contributed by atoms with Gasteiger partial charge in [0.2, 0.25) is 0 Å². The molecule has 2 aromatic carbocycles. The van der Waals surface area contributed by atoms with Crippen molar-refractivity contribution in [2.24, 2.45) is 0 Å². The number of ketones is 2. The maximum absolute atomic E-state index is 13.4. The summed E-state index contributed by atoms with van der Waals surface area (Å²) in [6.45, 7) is 24.9. The third kappa shape index (κ3) is 20.2. The number of nitrogens with one attached hydrogen (secondary N) is 2. The van der Waals surface area contributed by atoms with Crippen LogP contribution in [0.2, 0.25) is 0 Å². The summed E-state index contributed by atoms with van der Waals surface area (Å²) in [5, 5.41) is 15.0. The van der Waals surface area contributed by atoms with Crippen LogP contribution in [0.15, 0.2) is 140 Å².